The van der Waals surface area contributed by atoms with Crippen molar-refractivity contribution in [1.82, 2.24) is 20.2 Å². The molecule has 2 atom stereocenters. The first kappa shape index (κ1) is 14.4. The third-order valence-corrected chi connectivity index (χ3v) is 4.32. The summed E-state index contributed by atoms with van der Waals surface area (Å²) in [5, 5.41) is 3.72. The quantitative estimate of drug-likeness (QED) is 0.902. The highest BCUT2D eigenvalue weighted by atomic mass is 15.3. The molecule has 106 valence electrons. The molecule has 2 rings (SSSR count). The maximum absolute atomic E-state index is 4.37. The molecule has 4 nitrogen and oxygen atoms in total. The Labute approximate surface area is 116 Å². The van der Waals surface area contributed by atoms with E-state index in [1.807, 2.05) is 12.3 Å². The lowest BCUT2D eigenvalue weighted by atomic mass is 9.90. The maximum Gasteiger partial charge on any atom is 0.115 e. The van der Waals surface area contributed by atoms with Crippen molar-refractivity contribution in [2.45, 2.75) is 52.2 Å². The largest absolute Gasteiger partial charge is 0.309 e. The summed E-state index contributed by atoms with van der Waals surface area (Å²) in [6.45, 7) is 12.2. The molecule has 19 heavy (non-hydrogen) atoms. The van der Waals surface area contributed by atoms with Gasteiger partial charge in [0, 0.05) is 37.4 Å². The van der Waals surface area contributed by atoms with Crippen LogP contribution < -0.4 is 5.32 Å². The Morgan fingerprint density at radius 3 is 2.89 bits per heavy atom. The van der Waals surface area contributed by atoms with Crippen LogP contribution >= 0.6 is 0 Å². The lowest BCUT2D eigenvalue weighted by Gasteiger charge is -2.47. The van der Waals surface area contributed by atoms with Crippen LogP contribution in [0.3, 0.4) is 0 Å². The lowest BCUT2D eigenvalue weighted by molar-refractivity contribution is 0.0529. The van der Waals surface area contributed by atoms with E-state index in [0.717, 1.165) is 31.7 Å². The van der Waals surface area contributed by atoms with Gasteiger partial charge in [-0.2, -0.15) is 0 Å². The lowest BCUT2D eigenvalue weighted by Crippen LogP contribution is -2.63. The van der Waals surface area contributed by atoms with Gasteiger partial charge in [0.2, 0.25) is 0 Å². The van der Waals surface area contributed by atoms with Crippen LogP contribution in [0.5, 0.6) is 0 Å². The van der Waals surface area contributed by atoms with Crippen molar-refractivity contribution in [3.63, 3.8) is 0 Å². The topological polar surface area (TPSA) is 41.1 Å². The van der Waals surface area contributed by atoms with Gasteiger partial charge in [-0.25, -0.2) is 9.97 Å². The van der Waals surface area contributed by atoms with Crippen molar-refractivity contribution in [3.8, 4) is 0 Å². The minimum atomic E-state index is 0.221. The monoisotopic (exact) mass is 262 g/mol. The predicted octanol–water partition coefficient (Wildman–Crippen LogP) is 2.08. The molecule has 1 saturated heterocycles. The molecule has 0 saturated carbocycles. The molecule has 0 bridgehead atoms. The molecule has 0 spiro atoms. The Bertz CT molecular complexity index is 392. The van der Waals surface area contributed by atoms with E-state index in [-0.39, 0.29) is 5.54 Å². The molecular formula is C15H26N4. The Morgan fingerprint density at radius 1 is 1.53 bits per heavy atom. The number of nitrogens with zero attached hydrogens (tertiary/aromatic N) is 3. The minimum absolute atomic E-state index is 0.221. The smallest absolute Gasteiger partial charge is 0.115 e. The van der Waals surface area contributed by atoms with Gasteiger partial charge in [0.1, 0.15) is 6.33 Å². The van der Waals surface area contributed by atoms with Crippen LogP contribution in [0.25, 0.3) is 0 Å². The summed E-state index contributed by atoms with van der Waals surface area (Å²) in [6, 6.07) is 2.59. The number of hydrogen-bond acceptors (Lipinski definition) is 4. The molecule has 0 aromatic carbocycles. The molecule has 0 aliphatic carbocycles. The summed E-state index contributed by atoms with van der Waals surface area (Å²) in [7, 11) is 0. The molecular weight excluding hydrogens is 236 g/mol. The molecule has 1 aromatic heterocycles. The molecule has 1 aliphatic heterocycles. The van der Waals surface area contributed by atoms with Crippen LogP contribution in [0.1, 0.15) is 39.8 Å². The summed E-state index contributed by atoms with van der Waals surface area (Å²) in [5.41, 5.74) is 1.33. The first-order valence-corrected chi connectivity index (χ1v) is 7.28. The second-order valence-electron chi connectivity index (χ2n) is 6.21. The average molecular weight is 262 g/mol. The van der Waals surface area contributed by atoms with Crippen molar-refractivity contribution < 1.29 is 0 Å². The van der Waals surface area contributed by atoms with E-state index in [0.29, 0.717) is 12.0 Å². The van der Waals surface area contributed by atoms with Gasteiger partial charge in [-0.05, 0) is 25.3 Å². The van der Waals surface area contributed by atoms with Gasteiger partial charge in [0.05, 0.1) is 5.69 Å². The van der Waals surface area contributed by atoms with Gasteiger partial charge in [-0.15, -0.1) is 0 Å². The SMILES string of the molecule is CCC1(C)CN(Cc2ccncn2)C(C(C)C)CN1. The molecule has 2 unspecified atom stereocenters. The fraction of sp³-hybridized carbons (Fsp3) is 0.733. The van der Waals surface area contributed by atoms with Gasteiger partial charge >= 0.3 is 0 Å². The van der Waals surface area contributed by atoms with Crippen LogP contribution in [0.15, 0.2) is 18.6 Å². The van der Waals surface area contributed by atoms with E-state index < -0.39 is 0 Å². The van der Waals surface area contributed by atoms with Gasteiger partial charge in [0.15, 0.2) is 0 Å². The molecule has 4 heteroatoms. The molecule has 2 heterocycles. The van der Waals surface area contributed by atoms with Crippen molar-refractivity contribution in [3.05, 3.63) is 24.3 Å². The molecule has 1 aliphatic rings. The van der Waals surface area contributed by atoms with Crippen LogP contribution in [-0.4, -0.2) is 39.5 Å². The number of aromatic nitrogens is 2. The predicted molar refractivity (Wildman–Crippen MR) is 77.8 cm³/mol. The Kier molecular flexibility index (Phi) is 4.53. The Balaban J connectivity index is 2.12. The summed E-state index contributed by atoms with van der Waals surface area (Å²) < 4.78 is 0. The minimum Gasteiger partial charge on any atom is -0.309 e. The summed E-state index contributed by atoms with van der Waals surface area (Å²) >= 11 is 0. The molecule has 1 N–H and O–H groups in total. The summed E-state index contributed by atoms with van der Waals surface area (Å²) in [4.78, 5) is 10.9. The molecule has 0 radical (unpaired) electrons. The van der Waals surface area contributed by atoms with Crippen LogP contribution in [0, 0.1) is 5.92 Å². The molecule has 1 aromatic rings. The van der Waals surface area contributed by atoms with Gasteiger partial charge in [0.25, 0.3) is 0 Å². The van der Waals surface area contributed by atoms with E-state index >= 15 is 0 Å². The van der Waals surface area contributed by atoms with E-state index in [1.54, 1.807) is 6.33 Å². The highest BCUT2D eigenvalue weighted by Crippen LogP contribution is 2.24. The van der Waals surface area contributed by atoms with E-state index in [2.05, 4.69) is 47.9 Å². The Hall–Kier alpha value is -1.00. The average Bonchev–Trinajstić information content (AvgIpc) is 2.40. The van der Waals surface area contributed by atoms with Crippen LogP contribution in [0.4, 0.5) is 0 Å². The second kappa shape index (κ2) is 5.97. The summed E-state index contributed by atoms with van der Waals surface area (Å²) in [6.07, 6.45) is 4.62. The third kappa shape index (κ3) is 3.51. The zero-order valence-corrected chi connectivity index (χ0v) is 12.6. The third-order valence-electron chi connectivity index (χ3n) is 4.32. The van der Waals surface area contributed by atoms with Crippen molar-refractivity contribution >= 4 is 0 Å². The van der Waals surface area contributed by atoms with Crippen LogP contribution in [0.2, 0.25) is 0 Å². The van der Waals surface area contributed by atoms with Crippen molar-refractivity contribution in [2.24, 2.45) is 5.92 Å². The standard InChI is InChI=1S/C15H26N4/c1-5-15(4)10-19(14(8-18-15)12(2)3)9-13-6-7-16-11-17-13/h6-7,11-12,14,18H,5,8-10H2,1-4H3. The highest BCUT2D eigenvalue weighted by molar-refractivity contribution is 5.02. The van der Waals surface area contributed by atoms with Crippen molar-refractivity contribution in [1.29, 1.82) is 0 Å². The van der Waals surface area contributed by atoms with E-state index in [9.17, 15) is 0 Å². The maximum atomic E-state index is 4.37. The van der Waals surface area contributed by atoms with Crippen LogP contribution in [-0.2, 0) is 6.54 Å². The first-order valence-electron chi connectivity index (χ1n) is 7.28. The zero-order valence-electron chi connectivity index (χ0n) is 12.6. The molecule has 0 amide bonds. The van der Waals surface area contributed by atoms with Gasteiger partial charge in [-0.1, -0.05) is 20.8 Å². The Morgan fingerprint density at radius 2 is 2.32 bits per heavy atom. The molecule has 1 fully saturated rings. The highest BCUT2D eigenvalue weighted by Gasteiger charge is 2.35. The second-order valence-corrected chi connectivity index (χ2v) is 6.21. The summed E-state index contributed by atoms with van der Waals surface area (Å²) in [5.74, 6) is 0.649. The fourth-order valence-corrected chi connectivity index (χ4v) is 2.79. The number of nitrogens with one attached hydrogen (secondary N) is 1. The van der Waals surface area contributed by atoms with Crippen molar-refractivity contribution in [2.75, 3.05) is 13.1 Å². The zero-order chi connectivity index (χ0) is 13.9. The first-order chi connectivity index (χ1) is 9.04. The normalized spacial score (nSPS) is 28.8. The number of piperazine rings is 1. The van der Waals surface area contributed by atoms with E-state index in [4.69, 9.17) is 0 Å². The van der Waals surface area contributed by atoms with Gasteiger partial charge in [-0.3, -0.25) is 4.90 Å². The van der Waals surface area contributed by atoms with E-state index in [1.165, 1.54) is 0 Å². The fourth-order valence-electron chi connectivity index (χ4n) is 2.79. The number of rotatable bonds is 4. The van der Waals surface area contributed by atoms with Gasteiger partial charge < -0.3 is 5.32 Å². The number of hydrogen-bond donors (Lipinski definition) is 1.